The van der Waals surface area contributed by atoms with Gasteiger partial charge < -0.3 is 5.73 Å². The Morgan fingerprint density at radius 3 is 2.73 bits per heavy atom. The molecule has 80 valence electrons. The number of halogens is 1. The van der Waals surface area contributed by atoms with Crippen LogP contribution in [-0.4, -0.2) is 0 Å². The molecule has 2 aromatic heterocycles. The third-order valence-electron chi connectivity index (χ3n) is 2.29. The lowest BCUT2D eigenvalue weighted by molar-refractivity contribution is 0.741. The number of nitrogens with two attached hydrogens (primary N) is 1. The molecule has 0 spiro atoms. The van der Waals surface area contributed by atoms with Crippen molar-refractivity contribution in [1.29, 1.82) is 0 Å². The molecule has 0 saturated heterocycles. The van der Waals surface area contributed by atoms with Crippen molar-refractivity contribution in [2.75, 3.05) is 0 Å². The smallest absolute Gasteiger partial charge is 0.0931 e. The molecule has 0 aliphatic heterocycles. The molecule has 0 aromatic carbocycles. The van der Waals surface area contributed by atoms with Gasteiger partial charge in [-0.3, -0.25) is 0 Å². The highest BCUT2D eigenvalue weighted by Crippen LogP contribution is 2.28. The van der Waals surface area contributed by atoms with Crippen molar-refractivity contribution in [2.24, 2.45) is 5.73 Å². The standard InChI is InChI=1S/C11H12ClNS2/c1-7-4-5-14-11(7)9(13)6-8-2-3-10(12)15-8/h2-5,9H,6,13H2,1H3. The maximum atomic E-state index is 6.16. The normalized spacial score (nSPS) is 13.0. The number of thiophene rings is 2. The average molecular weight is 258 g/mol. The minimum absolute atomic E-state index is 0.0970. The molecule has 1 atom stereocenters. The summed E-state index contributed by atoms with van der Waals surface area (Å²) in [5.74, 6) is 0. The van der Waals surface area contributed by atoms with E-state index in [0.29, 0.717) is 0 Å². The highest BCUT2D eigenvalue weighted by atomic mass is 35.5. The van der Waals surface area contributed by atoms with Crippen molar-refractivity contribution in [1.82, 2.24) is 0 Å². The zero-order chi connectivity index (χ0) is 10.8. The first-order chi connectivity index (χ1) is 7.16. The van der Waals surface area contributed by atoms with E-state index in [1.54, 1.807) is 22.7 Å². The number of rotatable bonds is 3. The molecule has 0 saturated carbocycles. The van der Waals surface area contributed by atoms with E-state index in [-0.39, 0.29) is 6.04 Å². The fourth-order valence-corrected chi connectivity index (χ4v) is 3.61. The molecule has 0 amide bonds. The van der Waals surface area contributed by atoms with Crippen LogP contribution in [0.5, 0.6) is 0 Å². The maximum Gasteiger partial charge on any atom is 0.0931 e. The van der Waals surface area contributed by atoms with Gasteiger partial charge in [0.2, 0.25) is 0 Å². The second kappa shape index (κ2) is 4.66. The van der Waals surface area contributed by atoms with Gasteiger partial charge >= 0.3 is 0 Å². The SMILES string of the molecule is Cc1ccsc1C(N)Cc1ccc(Cl)s1. The van der Waals surface area contributed by atoms with Crippen LogP contribution in [0.2, 0.25) is 4.34 Å². The zero-order valence-corrected chi connectivity index (χ0v) is 10.8. The lowest BCUT2D eigenvalue weighted by Gasteiger charge is -2.09. The molecule has 2 heterocycles. The number of aryl methyl sites for hydroxylation is 1. The maximum absolute atomic E-state index is 6.16. The second-order valence-electron chi connectivity index (χ2n) is 3.48. The molecule has 2 N–H and O–H groups in total. The Labute approximate surface area is 103 Å². The van der Waals surface area contributed by atoms with E-state index in [1.807, 2.05) is 6.07 Å². The summed E-state index contributed by atoms with van der Waals surface area (Å²) in [5.41, 5.74) is 7.44. The first-order valence-corrected chi connectivity index (χ1v) is 6.78. The van der Waals surface area contributed by atoms with Crippen molar-refractivity contribution in [3.63, 3.8) is 0 Å². The van der Waals surface area contributed by atoms with Crippen molar-refractivity contribution in [3.05, 3.63) is 43.2 Å². The summed E-state index contributed by atoms with van der Waals surface area (Å²) in [7, 11) is 0. The molecule has 1 unspecified atom stereocenters. The van der Waals surface area contributed by atoms with Gasteiger partial charge in [-0.05, 0) is 36.1 Å². The predicted octanol–water partition coefficient (Wildman–Crippen LogP) is 4.01. The molecule has 1 nitrogen and oxygen atoms in total. The Morgan fingerprint density at radius 2 is 2.20 bits per heavy atom. The molecule has 0 aliphatic rings. The summed E-state index contributed by atoms with van der Waals surface area (Å²) in [6, 6.07) is 6.19. The highest BCUT2D eigenvalue weighted by Gasteiger charge is 2.12. The molecule has 4 heteroatoms. The predicted molar refractivity (Wildman–Crippen MR) is 69.0 cm³/mol. The number of hydrogen-bond acceptors (Lipinski definition) is 3. The minimum atomic E-state index is 0.0970. The van der Waals surface area contributed by atoms with Gasteiger partial charge in [-0.15, -0.1) is 22.7 Å². The minimum Gasteiger partial charge on any atom is -0.323 e. The van der Waals surface area contributed by atoms with Gasteiger partial charge in [0, 0.05) is 22.2 Å². The van der Waals surface area contributed by atoms with E-state index >= 15 is 0 Å². The highest BCUT2D eigenvalue weighted by molar-refractivity contribution is 7.16. The van der Waals surface area contributed by atoms with E-state index in [1.165, 1.54) is 15.3 Å². The third kappa shape index (κ3) is 2.61. The van der Waals surface area contributed by atoms with Gasteiger partial charge in [0.25, 0.3) is 0 Å². The molecule has 0 fully saturated rings. The van der Waals surface area contributed by atoms with Gasteiger partial charge in [-0.1, -0.05) is 11.6 Å². The van der Waals surface area contributed by atoms with Crippen LogP contribution in [0.3, 0.4) is 0 Å². The molecule has 0 radical (unpaired) electrons. The van der Waals surface area contributed by atoms with Crippen LogP contribution in [-0.2, 0) is 6.42 Å². The van der Waals surface area contributed by atoms with Crippen LogP contribution in [0.15, 0.2) is 23.6 Å². The lowest BCUT2D eigenvalue weighted by Crippen LogP contribution is -2.11. The van der Waals surface area contributed by atoms with Crippen molar-refractivity contribution in [2.45, 2.75) is 19.4 Å². The molecule has 0 bridgehead atoms. The molecule has 2 rings (SSSR count). The van der Waals surface area contributed by atoms with Crippen LogP contribution in [0, 0.1) is 6.92 Å². The van der Waals surface area contributed by atoms with E-state index in [0.717, 1.165) is 10.8 Å². The summed E-state index contributed by atoms with van der Waals surface area (Å²) in [6.07, 6.45) is 0.874. The number of hydrogen-bond donors (Lipinski definition) is 1. The first-order valence-electron chi connectivity index (χ1n) is 4.70. The monoisotopic (exact) mass is 257 g/mol. The molecule has 0 aliphatic carbocycles. The molecule has 15 heavy (non-hydrogen) atoms. The van der Waals surface area contributed by atoms with E-state index in [4.69, 9.17) is 17.3 Å². The Balaban J connectivity index is 2.10. The largest absolute Gasteiger partial charge is 0.323 e. The Bertz CT molecular complexity index is 447. The summed E-state index contributed by atoms with van der Waals surface area (Å²) in [5, 5.41) is 2.09. The average Bonchev–Trinajstić information content (AvgIpc) is 2.75. The van der Waals surface area contributed by atoms with Crippen LogP contribution in [0.25, 0.3) is 0 Å². The van der Waals surface area contributed by atoms with E-state index in [2.05, 4.69) is 24.4 Å². The van der Waals surface area contributed by atoms with Gasteiger partial charge in [0.15, 0.2) is 0 Å². The first kappa shape index (κ1) is 11.1. The summed E-state index contributed by atoms with van der Waals surface area (Å²) in [6.45, 7) is 2.10. The Kier molecular flexibility index (Phi) is 3.46. The van der Waals surface area contributed by atoms with Gasteiger partial charge in [-0.25, -0.2) is 0 Å². The lowest BCUT2D eigenvalue weighted by atomic mass is 10.1. The van der Waals surface area contributed by atoms with Gasteiger partial charge in [-0.2, -0.15) is 0 Å². The molecular formula is C11H12ClNS2. The molecule has 2 aromatic rings. The fraction of sp³-hybridized carbons (Fsp3) is 0.273. The second-order valence-corrected chi connectivity index (χ2v) is 6.23. The zero-order valence-electron chi connectivity index (χ0n) is 8.37. The van der Waals surface area contributed by atoms with Crippen LogP contribution in [0.1, 0.15) is 21.4 Å². The Morgan fingerprint density at radius 1 is 1.40 bits per heavy atom. The van der Waals surface area contributed by atoms with Gasteiger partial charge in [0.05, 0.1) is 4.34 Å². The van der Waals surface area contributed by atoms with Crippen molar-refractivity contribution in [3.8, 4) is 0 Å². The quantitative estimate of drug-likeness (QED) is 0.883. The summed E-state index contributed by atoms with van der Waals surface area (Å²) < 4.78 is 0.833. The Hall–Kier alpha value is -0.350. The van der Waals surface area contributed by atoms with Crippen LogP contribution >= 0.6 is 34.3 Å². The van der Waals surface area contributed by atoms with Crippen molar-refractivity contribution >= 4 is 34.3 Å². The van der Waals surface area contributed by atoms with Crippen LogP contribution in [0.4, 0.5) is 0 Å². The van der Waals surface area contributed by atoms with Crippen molar-refractivity contribution < 1.29 is 0 Å². The summed E-state index contributed by atoms with van der Waals surface area (Å²) >= 11 is 9.22. The summed E-state index contributed by atoms with van der Waals surface area (Å²) in [4.78, 5) is 2.53. The van der Waals surface area contributed by atoms with E-state index in [9.17, 15) is 0 Å². The molecular weight excluding hydrogens is 246 g/mol. The van der Waals surface area contributed by atoms with Crippen LogP contribution < -0.4 is 5.73 Å². The topological polar surface area (TPSA) is 26.0 Å². The fourth-order valence-electron chi connectivity index (χ4n) is 1.54. The van der Waals surface area contributed by atoms with Gasteiger partial charge in [0.1, 0.15) is 0 Å². The third-order valence-corrected chi connectivity index (χ3v) is 4.69. The van der Waals surface area contributed by atoms with E-state index < -0.39 is 0 Å².